The van der Waals surface area contributed by atoms with Crippen molar-refractivity contribution in [1.82, 2.24) is 0 Å². The van der Waals surface area contributed by atoms with Gasteiger partial charge in [0.25, 0.3) is 0 Å². The fraction of sp³-hybridized carbons (Fsp3) is 0.333. The van der Waals surface area contributed by atoms with Crippen LogP contribution in [0.4, 0.5) is 8.78 Å². The average molecular weight is 282 g/mol. The zero-order valence-electron chi connectivity index (χ0n) is 10.5. The van der Waals surface area contributed by atoms with Gasteiger partial charge in [0.2, 0.25) is 0 Å². The second-order valence-electron chi connectivity index (χ2n) is 4.58. The van der Waals surface area contributed by atoms with E-state index >= 15 is 0 Å². The van der Waals surface area contributed by atoms with Crippen molar-refractivity contribution >= 4 is 11.3 Å². The second-order valence-corrected chi connectivity index (χ2v) is 5.61. The van der Waals surface area contributed by atoms with Crippen molar-refractivity contribution in [1.29, 1.82) is 0 Å². The minimum absolute atomic E-state index is 0.363. The number of aryl methyl sites for hydroxylation is 1. The molecular weight excluding hydrogens is 266 g/mol. The van der Waals surface area contributed by atoms with E-state index in [9.17, 15) is 13.9 Å². The van der Waals surface area contributed by atoms with Gasteiger partial charge in [0.05, 0.1) is 6.10 Å². The molecule has 2 aromatic rings. The molecule has 0 fully saturated rings. The van der Waals surface area contributed by atoms with Crippen molar-refractivity contribution in [2.75, 3.05) is 0 Å². The Morgan fingerprint density at radius 1 is 1.16 bits per heavy atom. The van der Waals surface area contributed by atoms with E-state index < -0.39 is 17.7 Å². The molecule has 1 heterocycles. The van der Waals surface area contributed by atoms with Crippen LogP contribution in [0.2, 0.25) is 0 Å². The minimum Gasteiger partial charge on any atom is -0.393 e. The number of hydrogen-bond donors (Lipinski definition) is 1. The van der Waals surface area contributed by atoms with Crippen molar-refractivity contribution in [3.8, 4) is 0 Å². The Balaban J connectivity index is 1.77. The van der Waals surface area contributed by atoms with E-state index in [1.54, 1.807) is 11.3 Å². The molecular formula is C15H16F2OS. The summed E-state index contributed by atoms with van der Waals surface area (Å²) in [4.78, 5) is 1.31. The van der Waals surface area contributed by atoms with Gasteiger partial charge in [0.15, 0.2) is 11.6 Å². The topological polar surface area (TPSA) is 20.2 Å². The Bertz CT molecular complexity index is 511. The Hall–Kier alpha value is -1.26. The highest BCUT2D eigenvalue weighted by atomic mass is 32.1. The monoisotopic (exact) mass is 282 g/mol. The number of halogens is 2. The molecule has 1 N–H and O–H groups in total. The van der Waals surface area contributed by atoms with E-state index in [4.69, 9.17) is 0 Å². The fourth-order valence-corrected chi connectivity index (χ4v) is 2.76. The molecule has 0 saturated heterocycles. The Morgan fingerprint density at radius 2 is 2.00 bits per heavy atom. The van der Waals surface area contributed by atoms with Gasteiger partial charge in [0.1, 0.15) is 0 Å². The van der Waals surface area contributed by atoms with Crippen LogP contribution in [0, 0.1) is 11.6 Å². The maximum absolute atomic E-state index is 13.0. The summed E-state index contributed by atoms with van der Waals surface area (Å²) in [5.41, 5.74) is 0.627. The van der Waals surface area contributed by atoms with E-state index in [0.717, 1.165) is 25.0 Å². The first-order chi connectivity index (χ1) is 9.15. The van der Waals surface area contributed by atoms with Crippen molar-refractivity contribution in [2.45, 2.75) is 31.8 Å². The van der Waals surface area contributed by atoms with Gasteiger partial charge in [-0.3, -0.25) is 0 Å². The number of aliphatic hydroxyl groups excluding tert-OH is 1. The first kappa shape index (κ1) is 14.2. The lowest BCUT2D eigenvalue weighted by molar-refractivity contribution is 0.162. The average Bonchev–Trinajstić information content (AvgIpc) is 2.87. The zero-order valence-corrected chi connectivity index (χ0v) is 11.3. The highest BCUT2D eigenvalue weighted by Gasteiger charge is 2.08. The molecule has 1 aromatic heterocycles. The summed E-state index contributed by atoms with van der Waals surface area (Å²) in [6.07, 6.45) is 2.36. The molecule has 2 rings (SSSR count). The van der Waals surface area contributed by atoms with Crippen molar-refractivity contribution < 1.29 is 13.9 Å². The second kappa shape index (κ2) is 6.78. The van der Waals surface area contributed by atoms with Crippen LogP contribution in [0.15, 0.2) is 35.7 Å². The molecule has 0 aliphatic heterocycles. The third-order valence-corrected chi connectivity index (χ3v) is 3.93. The van der Waals surface area contributed by atoms with Gasteiger partial charge in [-0.2, -0.15) is 0 Å². The molecule has 0 bridgehead atoms. The summed E-state index contributed by atoms with van der Waals surface area (Å²) in [5.74, 6) is -1.71. The summed E-state index contributed by atoms with van der Waals surface area (Å²) in [5, 5.41) is 11.9. The van der Waals surface area contributed by atoms with E-state index in [2.05, 4.69) is 6.07 Å². The van der Waals surface area contributed by atoms with Crippen molar-refractivity contribution in [2.24, 2.45) is 0 Å². The summed E-state index contributed by atoms with van der Waals surface area (Å²) in [6.45, 7) is 0. The van der Waals surface area contributed by atoms with E-state index in [1.807, 2.05) is 11.4 Å². The fourth-order valence-electron chi connectivity index (χ4n) is 2.01. The molecule has 0 amide bonds. The minimum atomic E-state index is -0.858. The molecule has 1 nitrogen and oxygen atoms in total. The van der Waals surface area contributed by atoms with Gasteiger partial charge in [-0.15, -0.1) is 11.3 Å². The van der Waals surface area contributed by atoms with Gasteiger partial charge in [-0.1, -0.05) is 12.1 Å². The van der Waals surface area contributed by atoms with Gasteiger partial charge >= 0.3 is 0 Å². The summed E-state index contributed by atoms with van der Waals surface area (Å²) in [6, 6.07) is 7.85. The van der Waals surface area contributed by atoms with Crippen LogP contribution in [0.1, 0.15) is 23.3 Å². The predicted molar refractivity (Wildman–Crippen MR) is 73.3 cm³/mol. The molecule has 1 unspecified atom stereocenters. The van der Waals surface area contributed by atoms with Gasteiger partial charge in [-0.05, 0) is 54.8 Å². The molecule has 1 aromatic carbocycles. The largest absolute Gasteiger partial charge is 0.393 e. The maximum atomic E-state index is 13.0. The molecule has 0 radical (unpaired) electrons. The quantitative estimate of drug-likeness (QED) is 0.850. The summed E-state index contributed by atoms with van der Waals surface area (Å²) < 4.78 is 25.8. The van der Waals surface area contributed by atoms with Crippen LogP contribution >= 0.6 is 11.3 Å². The molecule has 0 saturated carbocycles. The lowest BCUT2D eigenvalue weighted by atomic mass is 10.0. The summed E-state index contributed by atoms with van der Waals surface area (Å²) in [7, 11) is 0. The van der Waals surface area contributed by atoms with Gasteiger partial charge < -0.3 is 5.11 Å². The van der Waals surface area contributed by atoms with E-state index in [1.165, 1.54) is 10.9 Å². The highest BCUT2D eigenvalue weighted by molar-refractivity contribution is 7.09. The third kappa shape index (κ3) is 4.40. The lowest BCUT2D eigenvalue weighted by Crippen LogP contribution is -2.11. The zero-order chi connectivity index (χ0) is 13.7. The normalized spacial score (nSPS) is 12.6. The first-order valence-electron chi connectivity index (χ1n) is 6.29. The van der Waals surface area contributed by atoms with E-state index in [-0.39, 0.29) is 0 Å². The first-order valence-corrected chi connectivity index (χ1v) is 7.17. The Kier molecular flexibility index (Phi) is 5.05. The number of rotatable bonds is 6. The molecule has 4 heteroatoms. The predicted octanol–water partition coefficient (Wildman–Crippen LogP) is 3.95. The molecule has 19 heavy (non-hydrogen) atoms. The van der Waals surface area contributed by atoms with Gasteiger partial charge in [-0.25, -0.2) is 8.78 Å². The van der Waals surface area contributed by atoms with Crippen LogP contribution in [0.3, 0.4) is 0 Å². The van der Waals surface area contributed by atoms with Crippen LogP contribution in [0.25, 0.3) is 0 Å². The lowest BCUT2D eigenvalue weighted by Gasteiger charge is -2.10. The third-order valence-electron chi connectivity index (χ3n) is 3.00. The molecule has 0 spiro atoms. The smallest absolute Gasteiger partial charge is 0.159 e. The standard InChI is InChI=1S/C15H16F2OS/c16-14-7-6-11(10-15(14)17)9-12(18)3-1-4-13-5-2-8-19-13/h2,5-8,10,12,18H,1,3-4,9H2. The van der Waals surface area contributed by atoms with Crippen LogP contribution < -0.4 is 0 Å². The maximum Gasteiger partial charge on any atom is 0.159 e. The van der Waals surface area contributed by atoms with Gasteiger partial charge in [0, 0.05) is 4.88 Å². The molecule has 102 valence electrons. The van der Waals surface area contributed by atoms with Crippen LogP contribution in [-0.2, 0) is 12.8 Å². The Morgan fingerprint density at radius 3 is 2.68 bits per heavy atom. The summed E-state index contributed by atoms with van der Waals surface area (Å²) >= 11 is 1.71. The number of benzene rings is 1. The SMILES string of the molecule is OC(CCCc1cccs1)Cc1ccc(F)c(F)c1. The number of aliphatic hydroxyl groups is 1. The van der Waals surface area contributed by atoms with E-state index in [0.29, 0.717) is 18.4 Å². The number of hydrogen-bond acceptors (Lipinski definition) is 2. The van der Waals surface area contributed by atoms with Crippen molar-refractivity contribution in [3.63, 3.8) is 0 Å². The van der Waals surface area contributed by atoms with Crippen LogP contribution in [0.5, 0.6) is 0 Å². The van der Waals surface area contributed by atoms with Crippen LogP contribution in [-0.4, -0.2) is 11.2 Å². The number of thiophene rings is 1. The molecule has 0 aliphatic rings. The molecule has 0 aliphatic carbocycles. The molecule has 1 atom stereocenters. The Labute approximate surface area is 115 Å². The van der Waals surface area contributed by atoms with Crippen molar-refractivity contribution in [3.05, 3.63) is 57.8 Å². The highest BCUT2D eigenvalue weighted by Crippen LogP contribution is 2.15.